The number of hydrogen-bond acceptors (Lipinski definition) is 5. The molecule has 0 aliphatic heterocycles. The average Bonchev–Trinajstić information content (AvgIpc) is 2.75. The molecule has 1 heterocycles. The minimum absolute atomic E-state index is 0.358. The maximum atomic E-state index is 11.6. The fraction of sp³-hybridized carbons (Fsp3) is 0.286. The average molecular weight is 311 g/mol. The zero-order valence-electron chi connectivity index (χ0n) is 11.5. The van der Waals surface area contributed by atoms with E-state index in [0.29, 0.717) is 17.1 Å². The molecule has 0 aliphatic carbocycles. The van der Waals surface area contributed by atoms with E-state index in [1.165, 1.54) is 12.0 Å². The largest absolute Gasteiger partial charge is 0.465 e. The Morgan fingerprint density at radius 1 is 1.45 bits per heavy atom. The number of benzene rings is 1. The zero-order valence-corrected chi connectivity index (χ0v) is 13.1. The van der Waals surface area contributed by atoms with Gasteiger partial charge in [0, 0.05) is 10.6 Å². The molecular weight excluding hydrogens is 296 g/mol. The normalized spacial score (nSPS) is 10.4. The van der Waals surface area contributed by atoms with Gasteiger partial charge >= 0.3 is 5.97 Å². The van der Waals surface area contributed by atoms with Gasteiger partial charge in [0.25, 0.3) is 0 Å². The highest BCUT2D eigenvalue weighted by Crippen LogP contribution is 2.23. The molecule has 4 nitrogen and oxygen atoms in total. The minimum atomic E-state index is -0.441. The summed E-state index contributed by atoms with van der Waals surface area (Å²) < 4.78 is 4.70. The van der Waals surface area contributed by atoms with Crippen molar-refractivity contribution in [2.75, 3.05) is 12.4 Å². The van der Waals surface area contributed by atoms with Crippen LogP contribution in [0.3, 0.4) is 0 Å². The van der Waals surface area contributed by atoms with E-state index in [1.807, 2.05) is 19.9 Å². The number of ether oxygens (including phenoxy) is 1. The van der Waals surface area contributed by atoms with E-state index >= 15 is 0 Å². The Balaban J connectivity index is 2.14. The lowest BCUT2D eigenvalue weighted by atomic mass is 10.2. The second-order valence-electron chi connectivity index (χ2n) is 4.28. The van der Waals surface area contributed by atoms with Gasteiger partial charge in [-0.3, -0.25) is 0 Å². The Morgan fingerprint density at radius 2 is 2.20 bits per heavy atom. The molecule has 2 rings (SSSR count). The van der Waals surface area contributed by atoms with Gasteiger partial charge in [-0.15, -0.1) is 11.3 Å². The number of halogens is 1. The third kappa shape index (κ3) is 3.29. The molecule has 0 unspecified atom stereocenters. The fourth-order valence-electron chi connectivity index (χ4n) is 1.82. The van der Waals surface area contributed by atoms with E-state index in [1.54, 1.807) is 23.5 Å². The first-order valence-corrected chi connectivity index (χ1v) is 7.25. The van der Waals surface area contributed by atoms with Crippen molar-refractivity contribution < 1.29 is 9.53 Å². The van der Waals surface area contributed by atoms with Crippen molar-refractivity contribution in [3.63, 3.8) is 0 Å². The highest BCUT2D eigenvalue weighted by atomic mass is 35.5. The summed E-state index contributed by atoms with van der Waals surface area (Å²) in [6.07, 6.45) is 0. The SMILES string of the molecule is COC(=O)c1cc(NCc2sc(C)nc2C)ccc1Cl. The Kier molecular flexibility index (Phi) is 4.62. The van der Waals surface area contributed by atoms with Crippen LogP contribution < -0.4 is 5.32 Å². The highest BCUT2D eigenvalue weighted by Gasteiger charge is 2.11. The lowest BCUT2D eigenvalue weighted by molar-refractivity contribution is 0.0601. The Morgan fingerprint density at radius 3 is 2.80 bits per heavy atom. The quantitative estimate of drug-likeness (QED) is 0.872. The number of esters is 1. The van der Waals surface area contributed by atoms with Crippen LogP contribution in [0.25, 0.3) is 0 Å². The number of aromatic nitrogens is 1. The summed E-state index contributed by atoms with van der Waals surface area (Å²) >= 11 is 7.64. The van der Waals surface area contributed by atoms with Gasteiger partial charge in [-0.05, 0) is 32.0 Å². The number of carbonyl (C=O) groups excluding carboxylic acids is 1. The van der Waals surface area contributed by atoms with Crippen molar-refractivity contribution in [2.45, 2.75) is 20.4 Å². The molecule has 20 heavy (non-hydrogen) atoms. The van der Waals surface area contributed by atoms with Crippen LogP contribution in [0, 0.1) is 13.8 Å². The summed E-state index contributed by atoms with van der Waals surface area (Å²) in [5.41, 5.74) is 2.21. The standard InChI is InChI=1S/C14H15ClN2O2S/c1-8-13(20-9(2)17-8)7-16-10-4-5-12(15)11(6-10)14(18)19-3/h4-6,16H,7H2,1-3H3. The molecule has 0 bridgehead atoms. The molecule has 0 saturated heterocycles. The summed E-state index contributed by atoms with van der Waals surface area (Å²) in [4.78, 5) is 17.1. The molecule has 0 aliphatic rings. The molecule has 0 amide bonds. The molecule has 0 radical (unpaired) electrons. The number of aryl methyl sites for hydroxylation is 2. The van der Waals surface area contributed by atoms with Crippen LogP contribution in [0.5, 0.6) is 0 Å². The van der Waals surface area contributed by atoms with Gasteiger partial charge in [0.1, 0.15) is 0 Å². The van der Waals surface area contributed by atoms with Crippen LogP contribution in [-0.4, -0.2) is 18.1 Å². The van der Waals surface area contributed by atoms with Gasteiger partial charge < -0.3 is 10.1 Å². The second kappa shape index (κ2) is 6.24. The molecule has 1 N–H and O–H groups in total. The van der Waals surface area contributed by atoms with Gasteiger partial charge in [-0.2, -0.15) is 0 Å². The third-order valence-electron chi connectivity index (χ3n) is 2.82. The molecule has 6 heteroatoms. The van der Waals surface area contributed by atoms with Crippen molar-refractivity contribution in [3.8, 4) is 0 Å². The predicted octanol–water partition coefficient (Wildman–Crippen LogP) is 3.81. The Labute approximate surface area is 126 Å². The first-order valence-electron chi connectivity index (χ1n) is 6.06. The van der Waals surface area contributed by atoms with Crippen LogP contribution in [0.2, 0.25) is 5.02 Å². The van der Waals surface area contributed by atoms with Gasteiger partial charge in [0.05, 0.1) is 34.9 Å². The highest BCUT2D eigenvalue weighted by molar-refractivity contribution is 7.11. The first kappa shape index (κ1) is 14.8. The number of nitrogens with zero attached hydrogens (tertiary/aromatic N) is 1. The number of thiazole rings is 1. The van der Waals surface area contributed by atoms with Crippen molar-refractivity contribution >= 4 is 34.6 Å². The van der Waals surface area contributed by atoms with Crippen molar-refractivity contribution in [1.82, 2.24) is 4.98 Å². The Hall–Kier alpha value is -1.59. The molecule has 1 aromatic carbocycles. The van der Waals surface area contributed by atoms with Gasteiger partial charge in [-0.25, -0.2) is 9.78 Å². The summed E-state index contributed by atoms with van der Waals surface area (Å²) in [5.74, 6) is -0.441. The van der Waals surface area contributed by atoms with Gasteiger partial charge in [0.2, 0.25) is 0 Å². The molecule has 0 spiro atoms. The van der Waals surface area contributed by atoms with Crippen LogP contribution in [0.4, 0.5) is 5.69 Å². The number of carbonyl (C=O) groups is 1. The minimum Gasteiger partial charge on any atom is -0.465 e. The zero-order chi connectivity index (χ0) is 14.7. The maximum Gasteiger partial charge on any atom is 0.339 e. The number of nitrogens with one attached hydrogen (secondary N) is 1. The van der Waals surface area contributed by atoms with E-state index in [9.17, 15) is 4.79 Å². The molecule has 1 aromatic heterocycles. The monoisotopic (exact) mass is 310 g/mol. The molecule has 0 saturated carbocycles. The summed E-state index contributed by atoms with van der Waals surface area (Å²) in [6.45, 7) is 4.64. The van der Waals surface area contributed by atoms with Crippen molar-refractivity contribution in [2.24, 2.45) is 0 Å². The fourth-order valence-corrected chi connectivity index (χ4v) is 2.89. The summed E-state index contributed by atoms with van der Waals surface area (Å²) in [6, 6.07) is 5.20. The van der Waals surface area contributed by atoms with Gasteiger partial charge in [0.15, 0.2) is 0 Å². The first-order chi connectivity index (χ1) is 9.51. The molecule has 0 fully saturated rings. The smallest absolute Gasteiger partial charge is 0.339 e. The van der Waals surface area contributed by atoms with Gasteiger partial charge in [-0.1, -0.05) is 11.6 Å². The number of rotatable bonds is 4. The van der Waals surface area contributed by atoms with E-state index in [2.05, 4.69) is 10.3 Å². The predicted molar refractivity (Wildman–Crippen MR) is 81.7 cm³/mol. The Bertz CT molecular complexity index is 640. The molecule has 2 aromatic rings. The van der Waals surface area contributed by atoms with Crippen LogP contribution in [-0.2, 0) is 11.3 Å². The third-order valence-corrected chi connectivity index (χ3v) is 4.23. The lowest BCUT2D eigenvalue weighted by Crippen LogP contribution is -2.04. The lowest BCUT2D eigenvalue weighted by Gasteiger charge is -2.08. The summed E-state index contributed by atoms with van der Waals surface area (Å²) in [7, 11) is 1.34. The van der Waals surface area contributed by atoms with E-state index in [0.717, 1.165) is 16.4 Å². The van der Waals surface area contributed by atoms with Crippen molar-refractivity contribution in [3.05, 3.63) is 44.4 Å². The number of anilines is 1. The van der Waals surface area contributed by atoms with Crippen molar-refractivity contribution in [1.29, 1.82) is 0 Å². The number of hydrogen-bond donors (Lipinski definition) is 1. The molecule has 106 valence electrons. The van der Waals surface area contributed by atoms with Crippen LogP contribution in [0.1, 0.15) is 25.9 Å². The second-order valence-corrected chi connectivity index (χ2v) is 5.98. The van der Waals surface area contributed by atoms with Crippen LogP contribution >= 0.6 is 22.9 Å². The van der Waals surface area contributed by atoms with E-state index in [-0.39, 0.29) is 0 Å². The van der Waals surface area contributed by atoms with Crippen LogP contribution in [0.15, 0.2) is 18.2 Å². The summed E-state index contributed by atoms with van der Waals surface area (Å²) in [5, 5.41) is 4.69. The van der Waals surface area contributed by atoms with E-state index in [4.69, 9.17) is 16.3 Å². The topological polar surface area (TPSA) is 51.2 Å². The molecule has 0 atom stereocenters. The number of methoxy groups -OCH3 is 1. The maximum absolute atomic E-state index is 11.6. The molecular formula is C14H15ClN2O2S. The van der Waals surface area contributed by atoms with E-state index < -0.39 is 5.97 Å².